The number of piperidine rings is 1. The van der Waals surface area contributed by atoms with Gasteiger partial charge >= 0.3 is 0 Å². The number of amides is 1. The Kier molecular flexibility index (Phi) is 6.75. The molecule has 10 heteroatoms. The highest BCUT2D eigenvalue weighted by Gasteiger charge is 2.24. The van der Waals surface area contributed by atoms with Crippen molar-refractivity contribution in [3.05, 3.63) is 66.2 Å². The van der Waals surface area contributed by atoms with Crippen LogP contribution < -0.4 is 10.2 Å². The third-order valence-electron chi connectivity index (χ3n) is 5.71. The van der Waals surface area contributed by atoms with E-state index in [0.717, 1.165) is 47.9 Å². The molecule has 4 rings (SSSR count). The maximum absolute atomic E-state index is 13.3. The molecule has 0 spiro atoms. The summed E-state index contributed by atoms with van der Waals surface area (Å²) < 4.78 is 28.2. The van der Waals surface area contributed by atoms with Crippen molar-refractivity contribution in [2.75, 3.05) is 37.4 Å². The van der Waals surface area contributed by atoms with Gasteiger partial charge in [-0.15, -0.1) is 0 Å². The Bertz CT molecular complexity index is 1200. The number of hydrogen-bond donors (Lipinski definition) is 1. The fourth-order valence-corrected chi connectivity index (χ4v) is 4.80. The first-order valence-electron chi connectivity index (χ1n) is 10.9. The normalized spacial score (nSPS) is 14.5. The van der Waals surface area contributed by atoms with Gasteiger partial charge in [-0.05, 0) is 55.2 Å². The van der Waals surface area contributed by atoms with Crippen LogP contribution in [0.2, 0.25) is 0 Å². The van der Waals surface area contributed by atoms with Crippen molar-refractivity contribution in [2.24, 2.45) is 0 Å². The minimum atomic E-state index is -3.66. The van der Waals surface area contributed by atoms with E-state index in [4.69, 9.17) is 0 Å². The Morgan fingerprint density at radius 1 is 1.06 bits per heavy atom. The minimum absolute atomic E-state index is 0.0987. The van der Waals surface area contributed by atoms with Crippen LogP contribution in [0, 0.1) is 0 Å². The number of rotatable bonds is 7. The van der Waals surface area contributed by atoms with Crippen molar-refractivity contribution in [3.63, 3.8) is 0 Å². The molecule has 174 valence electrons. The lowest BCUT2D eigenvalue weighted by Gasteiger charge is -2.30. The summed E-state index contributed by atoms with van der Waals surface area (Å²) >= 11 is 0. The van der Waals surface area contributed by atoms with Crippen LogP contribution in [-0.2, 0) is 16.6 Å². The molecule has 0 bridgehead atoms. The molecule has 1 fully saturated rings. The molecule has 9 nitrogen and oxygen atoms in total. The molecule has 2 heterocycles. The maximum atomic E-state index is 13.3. The van der Waals surface area contributed by atoms with E-state index >= 15 is 0 Å². The van der Waals surface area contributed by atoms with Gasteiger partial charge in [-0.3, -0.25) is 4.79 Å². The smallest absolute Gasteiger partial charge is 0.257 e. The molecule has 0 atom stereocenters. The van der Waals surface area contributed by atoms with Gasteiger partial charge in [0.2, 0.25) is 10.0 Å². The molecule has 1 aromatic heterocycles. The number of nitrogens with zero attached hydrogens (tertiary/aromatic N) is 5. The van der Waals surface area contributed by atoms with Crippen molar-refractivity contribution >= 4 is 27.3 Å². The van der Waals surface area contributed by atoms with Gasteiger partial charge in [-0.2, -0.15) is 5.10 Å². The zero-order chi connectivity index (χ0) is 23.4. The quantitative estimate of drug-likeness (QED) is 0.572. The second-order valence-corrected chi connectivity index (χ2v) is 10.4. The molecule has 1 aliphatic rings. The van der Waals surface area contributed by atoms with Crippen LogP contribution >= 0.6 is 0 Å². The van der Waals surface area contributed by atoms with Crippen LogP contribution in [0.15, 0.2) is 60.0 Å². The molecular formula is C23H28N6O3S. The van der Waals surface area contributed by atoms with Crippen LogP contribution in [-0.4, -0.2) is 60.6 Å². The lowest BCUT2D eigenvalue weighted by Crippen LogP contribution is -2.32. The Morgan fingerprint density at radius 2 is 1.79 bits per heavy atom. The highest BCUT2D eigenvalue weighted by Crippen LogP contribution is 2.28. The summed E-state index contributed by atoms with van der Waals surface area (Å²) in [6.45, 7) is 2.27. The monoisotopic (exact) mass is 468 g/mol. The van der Waals surface area contributed by atoms with Crippen LogP contribution in [0.1, 0.15) is 35.2 Å². The largest absolute Gasteiger partial charge is 0.371 e. The average molecular weight is 469 g/mol. The Morgan fingerprint density at radius 3 is 2.42 bits per heavy atom. The number of carbonyl (C=O) groups excluding carboxylic acids is 1. The van der Waals surface area contributed by atoms with Crippen molar-refractivity contribution in [1.82, 2.24) is 19.1 Å². The number of nitrogens with one attached hydrogen (secondary N) is 1. The van der Waals surface area contributed by atoms with Crippen LogP contribution in [0.5, 0.6) is 0 Å². The van der Waals surface area contributed by atoms with E-state index < -0.39 is 10.0 Å². The zero-order valence-electron chi connectivity index (χ0n) is 18.8. The molecule has 0 saturated carbocycles. The van der Waals surface area contributed by atoms with Gasteiger partial charge in [0, 0.05) is 38.6 Å². The lowest BCUT2D eigenvalue weighted by atomic mass is 10.1. The summed E-state index contributed by atoms with van der Waals surface area (Å²) in [5.74, 6) is -0.338. The first-order chi connectivity index (χ1) is 15.8. The lowest BCUT2D eigenvalue weighted by molar-refractivity contribution is 0.102. The third-order valence-corrected chi connectivity index (χ3v) is 7.52. The van der Waals surface area contributed by atoms with Gasteiger partial charge < -0.3 is 10.2 Å². The number of sulfonamides is 1. The molecule has 1 amide bonds. The second kappa shape index (κ2) is 9.72. The summed E-state index contributed by atoms with van der Waals surface area (Å²) in [5, 5.41) is 7.02. The molecule has 0 radical (unpaired) electrons. The van der Waals surface area contributed by atoms with Crippen LogP contribution in [0.4, 0.5) is 11.4 Å². The van der Waals surface area contributed by atoms with Crippen molar-refractivity contribution in [1.29, 1.82) is 0 Å². The Labute approximate surface area is 194 Å². The first-order valence-corrected chi connectivity index (χ1v) is 12.3. The zero-order valence-corrected chi connectivity index (χ0v) is 19.6. The highest BCUT2D eigenvalue weighted by atomic mass is 32.2. The molecule has 2 aromatic carbocycles. The number of anilines is 2. The number of hydrogen-bond acceptors (Lipinski definition) is 6. The van der Waals surface area contributed by atoms with Gasteiger partial charge in [0.25, 0.3) is 5.91 Å². The standard InChI is InChI=1S/C23H28N6O3S/c1-27(2)33(31,32)20-10-11-22(28-12-4-3-5-13-28)21(14-20)23(30)26-19-8-6-18(7-9-19)15-29-17-24-16-25-29/h6-11,14,16-17H,3-5,12-13,15H2,1-2H3,(H,26,30). The van der Waals surface area contributed by atoms with Crippen molar-refractivity contribution in [3.8, 4) is 0 Å². The number of benzene rings is 2. The fourth-order valence-electron chi connectivity index (χ4n) is 3.87. The molecule has 3 aromatic rings. The Hall–Kier alpha value is -3.24. The summed E-state index contributed by atoms with van der Waals surface area (Å²) in [7, 11) is -0.701. The molecular weight excluding hydrogens is 440 g/mol. The molecule has 0 aliphatic carbocycles. The average Bonchev–Trinajstić information content (AvgIpc) is 3.33. The minimum Gasteiger partial charge on any atom is -0.371 e. The second-order valence-electron chi connectivity index (χ2n) is 8.26. The van der Waals surface area contributed by atoms with E-state index in [0.29, 0.717) is 17.8 Å². The summed E-state index contributed by atoms with van der Waals surface area (Å²) in [6.07, 6.45) is 6.38. The third kappa shape index (κ3) is 5.23. The predicted molar refractivity (Wildman–Crippen MR) is 127 cm³/mol. The van der Waals surface area contributed by atoms with Crippen LogP contribution in [0.25, 0.3) is 0 Å². The van der Waals surface area contributed by atoms with Gasteiger partial charge in [0.05, 0.1) is 17.0 Å². The van der Waals surface area contributed by atoms with E-state index in [1.807, 2.05) is 24.3 Å². The molecule has 33 heavy (non-hydrogen) atoms. The SMILES string of the molecule is CN(C)S(=O)(=O)c1ccc(N2CCCCC2)c(C(=O)Nc2ccc(Cn3cncn3)cc2)c1. The molecule has 1 aliphatic heterocycles. The van der Waals surface area contributed by atoms with Gasteiger partial charge in [0.15, 0.2) is 0 Å². The summed E-state index contributed by atoms with van der Waals surface area (Å²) in [4.78, 5) is 19.5. The predicted octanol–water partition coefficient (Wildman–Crippen LogP) is 2.82. The fraction of sp³-hybridized carbons (Fsp3) is 0.348. The van der Waals surface area contributed by atoms with Crippen molar-refractivity contribution < 1.29 is 13.2 Å². The van der Waals surface area contributed by atoms with E-state index in [2.05, 4.69) is 20.3 Å². The van der Waals surface area contributed by atoms with Crippen LogP contribution in [0.3, 0.4) is 0 Å². The van der Waals surface area contributed by atoms with Gasteiger partial charge in [-0.25, -0.2) is 22.4 Å². The molecule has 0 unspecified atom stereocenters. The van der Waals surface area contributed by atoms with E-state index in [1.54, 1.807) is 23.1 Å². The molecule has 1 N–H and O–H groups in total. The summed E-state index contributed by atoms with van der Waals surface area (Å²) in [6, 6.07) is 12.3. The Balaban J connectivity index is 1.60. The molecule has 1 saturated heterocycles. The van der Waals surface area contributed by atoms with Crippen molar-refractivity contribution in [2.45, 2.75) is 30.7 Å². The van der Waals surface area contributed by atoms with E-state index in [1.165, 1.54) is 26.5 Å². The first kappa shape index (κ1) is 22.9. The highest BCUT2D eigenvalue weighted by molar-refractivity contribution is 7.89. The number of carbonyl (C=O) groups is 1. The number of aromatic nitrogens is 3. The van der Waals surface area contributed by atoms with E-state index in [9.17, 15) is 13.2 Å². The maximum Gasteiger partial charge on any atom is 0.257 e. The van der Waals surface area contributed by atoms with Gasteiger partial charge in [0.1, 0.15) is 12.7 Å². The van der Waals surface area contributed by atoms with Gasteiger partial charge in [-0.1, -0.05) is 12.1 Å². The summed E-state index contributed by atoms with van der Waals surface area (Å²) in [5.41, 5.74) is 2.76. The topological polar surface area (TPSA) is 100 Å². The van der Waals surface area contributed by atoms with E-state index in [-0.39, 0.29) is 10.8 Å².